The molecule has 1 rings (SSSR count). The monoisotopic (exact) mass is 212 g/mol. The van der Waals surface area contributed by atoms with Gasteiger partial charge in [-0.2, -0.15) is 0 Å². The number of nitrogens with zero attached hydrogens (tertiary/aromatic N) is 1. The van der Waals surface area contributed by atoms with E-state index in [9.17, 15) is 0 Å². The molecule has 3 nitrogen and oxygen atoms in total. The third-order valence-electron chi connectivity index (χ3n) is 1.84. The van der Waals surface area contributed by atoms with Gasteiger partial charge in [-0.25, -0.2) is 4.98 Å². The second-order valence-corrected chi connectivity index (χ2v) is 4.51. The molecule has 0 aliphatic carbocycles. The molecule has 1 aromatic rings. The SMILES string of the molecule is CNc1cccc(SC(C)CCO)n1. The van der Waals surface area contributed by atoms with E-state index in [0.717, 1.165) is 17.3 Å². The summed E-state index contributed by atoms with van der Waals surface area (Å²) in [4.78, 5) is 4.38. The Morgan fingerprint density at radius 2 is 2.36 bits per heavy atom. The molecule has 4 heteroatoms. The van der Waals surface area contributed by atoms with Crippen molar-refractivity contribution in [2.45, 2.75) is 23.6 Å². The van der Waals surface area contributed by atoms with Crippen LogP contribution < -0.4 is 5.32 Å². The zero-order valence-electron chi connectivity index (χ0n) is 8.53. The fourth-order valence-corrected chi connectivity index (χ4v) is 2.01. The Morgan fingerprint density at radius 3 is 3.00 bits per heavy atom. The van der Waals surface area contributed by atoms with Crippen LogP contribution in [0.2, 0.25) is 0 Å². The maximum absolute atomic E-state index is 8.77. The van der Waals surface area contributed by atoms with Gasteiger partial charge in [-0.1, -0.05) is 13.0 Å². The molecule has 0 aliphatic heterocycles. The van der Waals surface area contributed by atoms with Crippen LogP contribution in [0.1, 0.15) is 13.3 Å². The minimum Gasteiger partial charge on any atom is -0.396 e. The fraction of sp³-hybridized carbons (Fsp3) is 0.500. The summed E-state index contributed by atoms with van der Waals surface area (Å²) in [6.07, 6.45) is 0.802. The molecule has 78 valence electrons. The Balaban J connectivity index is 2.57. The molecule has 0 saturated heterocycles. The van der Waals surface area contributed by atoms with Gasteiger partial charge in [0.2, 0.25) is 0 Å². The van der Waals surface area contributed by atoms with Gasteiger partial charge in [0, 0.05) is 18.9 Å². The number of pyridine rings is 1. The van der Waals surface area contributed by atoms with Crippen molar-refractivity contribution < 1.29 is 5.11 Å². The molecule has 2 N–H and O–H groups in total. The van der Waals surface area contributed by atoms with Crippen LogP contribution in [0.5, 0.6) is 0 Å². The minimum atomic E-state index is 0.236. The van der Waals surface area contributed by atoms with Crippen molar-refractivity contribution in [3.8, 4) is 0 Å². The highest BCUT2D eigenvalue weighted by molar-refractivity contribution is 7.99. The highest BCUT2D eigenvalue weighted by Gasteiger charge is 2.04. The van der Waals surface area contributed by atoms with E-state index in [-0.39, 0.29) is 6.61 Å². The average Bonchev–Trinajstić information content (AvgIpc) is 2.18. The lowest BCUT2D eigenvalue weighted by Gasteiger charge is -2.09. The van der Waals surface area contributed by atoms with Crippen molar-refractivity contribution in [3.63, 3.8) is 0 Å². The third kappa shape index (κ3) is 3.55. The summed E-state index contributed by atoms with van der Waals surface area (Å²) < 4.78 is 0. The van der Waals surface area contributed by atoms with Crippen molar-refractivity contribution >= 4 is 17.6 Å². The molecule has 0 spiro atoms. The van der Waals surface area contributed by atoms with E-state index >= 15 is 0 Å². The summed E-state index contributed by atoms with van der Waals surface area (Å²) in [5.41, 5.74) is 0. The van der Waals surface area contributed by atoms with Crippen molar-refractivity contribution in [2.24, 2.45) is 0 Å². The number of rotatable bonds is 5. The average molecular weight is 212 g/mol. The first-order valence-electron chi connectivity index (χ1n) is 4.68. The van der Waals surface area contributed by atoms with E-state index in [1.807, 2.05) is 25.2 Å². The second kappa shape index (κ2) is 5.88. The van der Waals surface area contributed by atoms with Crippen molar-refractivity contribution in [3.05, 3.63) is 18.2 Å². The lowest BCUT2D eigenvalue weighted by molar-refractivity contribution is 0.289. The van der Waals surface area contributed by atoms with Crippen LogP contribution in [-0.4, -0.2) is 29.0 Å². The summed E-state index contributed by atoms with van der Waals surface area (Å²) in [6.45, 7) is 2.33. The largest absolute Gasteiger partial charge is 0.396 e. The van der Waals surface area contributed by atoms with Crippen LogP contribution in [0.4, 0.5) is 5.82 Å². The molecule has 0 aromatic carbocycles. The number of thioether (sulfide) groups is 1. The first kappa shape index (κ1) is 11.3. The summed E-state index contributed by atoms with van der Waals surface area (Å²) in [5.74, 6) is 0.881. The van der Waals surface area contributed by atoms with E-state index in [4.69, 9.17) is 5.11 Å². The zero-order valence-corrected chi connectivity index (χ0v) is 9.34. The number of hydrogen-bond donors (Lipinski definition) is 2. The smallest absolute Gasteiger partial charge is 0.126 e. The standard InChI is InChI=1S/C10H16N2OS/c1-8(6-7-13)14-10-5-3-4-9(11-2)12-10/h3-5,8,13H,6-7H2,1-2H3,(H,11,12). The zero-order chi connectivity index (χ0) is 10.4. The number of aliphatic hydroxyl groups excluding tert-OH is 1. The van der Waals surface area contributed by atoms with Gasteiger partial charge in [-0.15, -0.1) is 11.8 Å². The number of hydrogen-bond acceptors (Lipinski definition) is 4. The maximum atomic E-state index is 8.77. The van der Waals surface area contributed by atoms with Crippen molar-refractivity contribution in [1.29, 1.82) is 0 Å². The molecule has 0 saturated carbocycles. The predicted octanol–water partition coefficient (Wildman–Crippen LogP) is 1.99. The predicted molar refractivity (Wildman–Crippen MR) is 60.8 cm³/mol. The van der Waals surface area contributed by atoms with Gasteiger partial charge >= 0.3 is 0 Å². The molecule has 1 unspecified atom stereocenters. The van der Waals surface area contributed by atoms with Crippen LogP contribution >= 0.6 is 11.8 Å². The molecule has 14 heavy (non-hydrogen) atoms. The highest BCUT2D eigenvalue weighted by Crippen LogP contribution is 2.23. The molecular formula is C10H16N2OS. The molecular weight excluding hydrogens is 196 g/mol. The number of aliphatic hydroxyl groups is 1. The molecule has 1 aromatic heterocycles. The van der Waals surface area contributed by atoms with E-state index in [1.54, 1.807) is 11.8 Å². The van der Waals surface area contributed by atoms with Crippen LogP contribution in [0.15, 0.2) is 23.2 Å². The summed E-state index contributed by atoms with van der Waals surface area (Å²) in [7, 11) is 1.86. The lowest BCUT2D eigenvalue weighted by atomic mass is 10.3. The lowest BCUT2D eigenvalue weighted by Crippen LogP contribution is -2.00. The first-order chi connectivity index (χ1) is 6.76. The Labute approximate surface area is 88.9 Å². The molecule has 0 radical (unpaired) electrons. The van der Waals surface area contributed by atoms with Crippen LogP contribution in [0, 0.1) is 0 Å². The molecule has 0 fully saturated rings. The van der Waals surface area contributed by atoms with Gasteiger partial charge in [0.05, 0.1) is 5.03 Å². The highest BCUT2D eigenvalue weighted by atomic mass is 32.2. The van der Waals surface area contributed by atoms with Crippen LogP contribution in [0.25, 0.3) is 0 Å². The molecule has 0 amide bonds. The van der Waals surface area contributed by atoms with E-state index in [1.165, 1.54) is 0 Å². The second-order valence-electron chi connectivity index (χ2n) is 3.05. The number of anilines is 1. The van der Waals surface area contributed by atoms with Crippen LogP contribution in [0.3, 0.4) is 0 Å². The Bertz CT molecular complexity index is 281. The van der Waals surface area contributed by atoms with Gasteiger partial charge < -0.3 is 10.4 Å². The summed E-state index contributed by atoms with van der Waals surface area (Å²) in [6, 6.07) is 5.90. The third-order valence-corrected chi connectivity index (χ3v) is 2.94. The fourth-order valence-electron chi connectivity index (χ4n) is 1.07. The summed E-state index contributed by atoms with van der Waals surface area (Å²) in [5, 5.41) is 13.2. The minimum absolute atomic E-state index is 0.236. The van der Waals surface area contributed by atoms with Gasteiger partial charge in [0.1, 0.15) is 5.82 Å². The van der Waals surface area contributed by atoms with Gasteiger partial charge in [0.15, 0.2) is 0 Å². The van der Waals surface area contributed by atoms with Gasteiger partial charge in [0.25, 0.3) is 0 Å². The van der Waals surface area contributed by atoms with E-state index in [0.29, 0.717) is 5.25 Å². The Morgan fingerprint density at radius 1 is 1.57 bits per heavy atom. The topological polar surface area (TPSA) is 45.1 Å². The summed E-state index contributed by atoms with van der Waals surface area (Å²) >= 11 is 1.69. The van der Waals surface area contributed by atoms with Crippen LogP contribution in [-0.2, 0) is 0 Å². The molecule has 1 atom stereocenters. The van der Waals surface area contributed by atoms with Crippen molar-refractivity contribution in [2.75, 3.05) is 19.0 Å². The number of aromatic nitrogens is 1. The Kier molecular flexibility index (Phi) is 4.76. The number of nitrogens with one attached hydrogen (secondary N) is 1. The maximum Gasteiger partial charge on any atom is 0.126 e. The molecule has 0 bridgehead atoms. The first-order valence-corrected chi connectivity index (χ1v) is 5.56. The van der Waals surface area contributed by atoms with Crippen molar-refractivity contribution in [1.82, 2.24) is 4.98 Å². The van der Waals surface area contributed by atoms with E-state index < -0.39 is 0 Å². The quantitative estimate of drug-likeness (QED) is 0.733. The van der Waals surface area contributed by atoms with Gasteiger partial charge in [-0.05, 0) is 18.6 Å². The molecule has 0 aliphatic rings. The normalized spacial score (nSPS) is 12.5. The van der Waals surface area contributed by atoms with E-state index in [2.05, 4.69) is 17.2 Å². The van der Waals surface area contributed by atoms with Gasteiger partial charge in [-0.3, -0.25) is 0 Å². The Hall–Kier alpha value is -0.740. The molecule has 1 heterocycles.